The Morgan fingerprint density at radius 1 is 0.735 bits per heavy atom. The van der Waals surface area contributed by atoms with Crippen LogP contribution in [-0.4, -0.2) is 128 Å². The Hall–Kier alpha value is -4.03. The Bertz CT molecular complexity index is 1650. The van der Waals surface area contributed by atoms with Crippen molar-refractivity contribution in [1.82, 2.24) is 9.80 Å². The first kappa shape index (κ1) is 36.3. The number of nitrogens with one attached hydrogen (secondary N) is 1. The smallest absolute Gasteiger partial charge is 0.337 e. The number of morpholine rings is 1. The molecule has 11 heteroatoms. The van der Waals surface area contributed by atoms with Crippen LogP contribution in [0.4, 0.5) is 11.4 Å². The summed E-state index contributed by atoms with van der Waals surface area (Å²) in [4.78, 5) is 44.1. The normalized spacial score (nSPS) is 15.0. The van der Waals surface area contributed by atoms with Crippen molar-refractivity contribution < 1.29 is 29.0 Å². The second kappa shape index (κ2) is 17.6. The average Bonchev–Trinajstić information content (AvgIpc) is 3.13. The maximum absolute atomic E-state index is 12.9. The summed E-state index contributed by atoms with van der Waals surface area (Å²) < 4.78 is 10.9. The molecule has 2 heterocycles. The number of hydrogen-bond acceptors (Lipinski definition) is 7. The van der Waals surface area contributed by atoms with Crippen LogP contribution < -0.4 is 10.2 Å². The molecule has 2 aliphatic rings. The Morgan fingerprint density at radius 3 is 1.92 bits per heavy atom. The molecule has 2 aliphatic heterocycles. The van der Waals surface area contributed by atoms with E-state index in [0.717, 1.165) is 29.9 Å². The first-order valence-corrected chi connectivity index (χ1v) is 16.3. The Labute approximate surface area is 308 Å². The maximum atomic E-state index is 12.9. The van der Waals surface area contributed by atoms with E-state index < -0.39 is 11.9 Å². The van der Waals surface area contributed by atoms with E-state index in [1.807, 2.05) is 60.7 Å². The molecule has 249 valence electrons. The van der Waals surface area contributed by atoms with Crippen LogP contribution in [-0.2, 0) is 19.1 Å². The molecule has 49 heavy (non-hydrogen) atoms. The number of carboxylic acids is 1. The molecule has 1 radical (unpaired) electrons. The minimum atomic E-state index is -1.16. The predicted octanol–water partition coefficient (Wildman–Crippen LogP) is 4.40. The van der Waals surface area contributed by atoms with Crippen molar-refractivity contribution in [2.45, 2.75) is 6.04 Å². The van der Waals surface area contributed by atoms with Gasteiger partial charge in [0, 0.05) is 74.5 Å². The molecule has 4 aromatic carbocycles. The van der Waals surface area contributed by atoms with Gasteiger partial charge >= 0.3 is 5.97 Å². The molecule has 0 aromatic heterocycles. The molecule has 0 saturated carbocycles. The van der Waals surface area contributed by atoms with Gasteiger partial charge in [-0.1, -0.05) is 78.9 Å². The third-order valence-electron chi connectivity index (χ3n) is 8.82. The summed E-state index contributed by atoms with van der Waals surface area (Å²) in [5.74, 6) is -1.88. The number of amides is 2. The van der Waals surface area contributed by atoms with Crippen molar-refractivity contribution in [3.63, 3.8) is 0 Å². The number of nitrogens with zero attached hydrogens (tertiary/aromatic N) is 3. The molecule has 0 spiro atoms. The van der Waals surface area contributed by atoms with Crippen LogP contribution in [0.1, 0.15) is 27.5 Å². The zero-order valence-corrected chi connectivity index (χ0v) is 29.8. The number of piperazine rings is 1. The molecule has 2 N–H and O–H groups in total. The zero-order chi connectivity index (χ0) is 33.3. The van der Waals surface area contributed by atoms with Gasteiger partial charge in [-0.3, -0.25) is 14.5 Å². The zero-order valence-electron chi connectivity index (χ0n) is 27.8. The van der Waals surface area contributed by atoms with Crippen LogP contribution in [0.15, 0.2) is 103 Å². The second-order valence-corrected chi connectivity index (χ2v) is 11.9. The minimum Gasteiger partial charge on any atom is -0.478 e. The van der Waals surface area contributed by atoms with E-state index in [9.17, 15) is 19.5 Å². The van der Waals surface area contributed by atoms with Crippen molar-refractivity contribution in [3.8, 4) is 11.1 Å². The van der Waals surface area contributed by atoms with E-state index in [4.69, 9.17) is 9.47 Å². The second-order valence-electron chi connectivity index (χ2n) is 11.9. The largest absolute Gasteiger partial charge is 0.478 e. The van der Waals surface area contributed by atoms with Gasteiger partial charge in [-0.15, -0.1) is 0 Å². The van der Waals surface area contributed by atoms with Crippen LogP contribution in [0.3, 0.4) is 0 Å². The van der Waals surface area contributed by atoms with Gasteiger partial charge in [0.15, 0.2) is 0 Å². The van der Waals surface area contributed by atoms with Gasteiger partial charge in [0.05, 0.1) is 30.5 Å². The van der Waals surface area contributed by atoms with Crippen molar-refractivity contribution >= 4 is 58.7 Å². The fourth-order valence-electron chi connectivity index (χ4n) is 6.32. The molecule has 10 nitrogen and oxygen atoms in total. The van der Waals surface area contributed by atoms with Gasteiger partial charge in [-0.05, 0) is 46.5 Å². The monoisotopic (exact) mass is 671 g/mol. The van der Waals surface area contributed by atoms with Crippen molar-refractivity contribution in [3.05, 3.63) is 120 Å². The van der Waals surface area contributed by atoms with Gasteiger partial charge in [0.2, 0.25) is 11.8 Å². The topological polar surface area (TPSA) is 112 Å². The molecule has 0 bridgehead atoms. The minimum absolute atomic E-state index is 0. The van der Waals surface area contributed by atoms with Crippen molar-refractivity contribution in [1.29, 1.82) is 0 Å². The summed E-state index contributed by atoms with van der Waals surface area (Å²) >= 11 is 0. The summed E-state index contributed by atoms with van der Waals surface area (Å²) in [7, 11) is 0. The summed E-state index contributed by atoms with van der Waals surface area (Å²) in [6.45, 7) is 4.94. The van der Waals surface area contributed by atoms with Crippen LogP contribution in [0, 0.1) is 0 Å². The van der Waals surface area contributed by atoms with Gasteiger partial charge < -0.3 is 29.7 Å². The van der Waals surface area contributed by atoms with Gasteiger partial charge in [0.1, 0.15) is 13.2 Å². The number of carboxylic acid groups (broad SMARTS) is 1. The molecule has 4 aromatic rings. The van der Waals surface area contributed by atoms with Crippen molar-refractivity contribution in [2.24, 2.45) is 0 Å². The number of aromatic carboxylic acids is 1. The summed E-state index contributed by atoms with van der Waals surface area (Å²) in [5, 5.41) is 12.5. The Kier molecular flexibility index (Phi) is 13.0. The van der Waals surface area contributed by atoms with E-state index in [1.165, 1.54) is 11.1 Å². The third-order valence-corrected chi connectivity index (χ3v) is 8.82. The number of carbonyl (C=O) groups is 3. The molecular formula is C38H40N4NaO6. The van der Waals surface area contributed by atoms with E-state index in [-0.39, 0.29) is 66.0 Å². The number of anilines is 2. The summed E-state index contributed by atoms with van der Waals surface area (Å²) in [6, 6.07) is 33.7. The SMILES string of the molecule is O=C(COCC(=O)N1CCN(C(c2ccccc2)c2ccccc2)CC1)Nc1ccc(-c2ccc(N3CCOCC3)cc2)cc1C(=O)O.[Na]. The van der Waals surface area contributed by atoms with Crippen LogP contribution in [0.5, 0.6) is 0 Å². The van der Waals surface area contributed by atoms with E-state index in [2.05, 4.69) is 39.4 Å². The average molecular weight is 672 g/mol. The van der Waals surface area contributed by atoms with Gasteiger partial charge in [0.25, 0.3) is 0 Å². The number of carbonyl (C=O) groups excluding carboxylic acids is 2. The molecule has 2 saturated heterocycles. The fourth-order valence-corrected chi connectivity index (χ4v) is 6.32. The number of hydrogen-bond donors (Lipinski definition) is 2. The summed E-state index contributed by atoms with van der Waals surface area (Å²) in [6.07, 6.45) is 0. The molecule has 0 unspecified atom stereocenters. The molecule has 2 amide bonds. The fraction of sp³-hybridized carbons (Fsp3) is 0.289. The van der Waals surface area contributed by atoms with E-state index in [0.29, 0.717) is 39.4 Å². The van der Waals surface area contributed by atoms with Crippen LogP contribution >= 0.6 is 0 Å². The van der Waals surface area contributed by atoms with Crippen LogP contribution in [0.25, 0.3) is 11.1 Å². The third kappa shape index (κ3) is 9.36. The standard InChI is InChI=1S/C38H40N4O6.Na/c43-35(39-34-16-13-31(25-33(34)38(45)46)28-11-14-32(15-12-28)40-21-23-47-24-22-40)26-48-27-36(44)41-17-19-42(20-18-41)37(29-7-3-1-4-8-29)30-9-5-2-6-10-30;/h1-16,25,37H,17-24,26-27H2,(H,39,43)(H,45,46);. The number of benzene rings is 4. The molecular weight excluding hydrogens is 631 g/mol. The quantitative estimate of drug-likeness (QED) is 0.226. The Morgan fingerprint density at radius 2 is 1.33 bits per heavy atom. The first-order chi connectivity index (χ1) is 23.5. The Balaban J connectivity index is 0.00000468. The first-order valence-electron chi connectivity index (χ1n) is 16.3. The van der Waals surface area contributed by atoms with Crippen LogP contribution in [0.2, 0.25) is 0 Å². The maximum Gasteiger partial charge on any atom is 0.337 e. The number of ether oxygens (including phenoxy) is 2. The predicted molar refractivity (Wildman–Crippen MR) is 190 cm³/mol. The van der Waals surface area contributed by atoms with Crippen molar-refractivity contribution in [2.75, 3.05) is 75.9 Å². The molecule has 6 rings (SSSR count). The summed E-state index contributed by atoms with van der Waals surface area (Å²) in [5.41, 5.74) is 5.22. The van der Waals surface area contributed by atoms with Gasteiger partial charge in [-0.25, -0.2) is 4.79 Å². The molecule has 2 fully saturated rings. The van der Waals surface area contributed by atoms with E-state index >= 15 is 0 Å². The number of rotatable bonds is 11. The van der Waals surface area contributed by atoms with E-state index in [1.54, 1.807) is 23.1 Å². The molecule has 0 aliphatic carbocycles. The molecule has 0 atom stereocenters. The van der Waals surface area contributed by atoms with Gasteiger partial charge in [-0.2, -0.15) is 0 Å².